The van der Waals surface area contributed by atoms with Gasteiger partial charge in [-0.15, -0.1) is 0 Å². The molecule has 0 saturated carbocycles. The van der Waals surface area contributed by atoms with Crippen molar-refractivity contribution < 1.29 is 9.90 Å². The largest absolute Gasteiger partial charge is 0.394 e. The lowest BCUT2D eigenvalue weighted by molar-refractivity contribution is 0.162. The molecule has 0 radical (unpaired) electrons. The number of aliphatic hydroxyl groups is 1. The van der Waals surface area contributed by atoms with E-state index < -0.39 is 0 Å². The lowest BCUT2D eigenvalue weighted by Crippen LogP contribution is -2.39. The monoisotopic (exact) mass is 221 g/mol. The van der Waals surface area contributed by atoms with E-state index in [0.29, 0.717) is 13.1 Å². The minimum Gasteiger partial charge on any atom is -0.394 e. The molecule has 1 unspecified atom stereocenters. The summed E-state index contributed by atoms with van der Waals surface area (Å²) in [6.07, 6.45) is 3.35. The fourth-order valence-electron chi connectivity index (χ4n) is 1.81. The molecular formula is C11H15N3O2. The maximum atomic E-state index is 12.0. The van der Waals surface area contributed by atoms with E-state index in [1.54, 1.807) is 28.3 Å². The van der Waals surface area contributed by atoms with Crippen LogP contribution in [0.5, 0.6) is 0 Å². The summed E-state index contributed by atoms with van der Waals surface area (Å²) in [6.45, 7) is 3.13. The summed E-state index contributed by atoms with van der Waals surface area (Å²) in [5.41, 5.74) is 0.806. The molecule has 0 bridgehead atoms. The van der Waals surface area contributed by atoms with E-state index in [0.717, 1.165) is 5.69 Å². The fourth-order valence-corrected chi connectivity index (χ4v) is 1.81. The second-order valence-corrected chi connectivity index (χ2v) is 3.87. The summed E-state index contributed by atoms with van der Waals surface area (Å²) in [4.78, 5) is 19.4. The molecular weight excluding hydrogens is 206 g/mol. The number of amides is 2. The van der Waals surface area contributed by atoms with Gasteiger partial charge in [-0.1, -0.05) is 0 Å². The van der Waals surface area contributed by atoms with Crippen LogP contribution in [0.2, 0.25) is 0 Å². The Bertz CT molecular complexity index is 369. The highest BCUT2D eigenvalue weighted by molar-refractivity contribution is 5.94. The average molecular weight is 221 g/mol. The molecule has 1 aromatic heterocycles. The van der Waals surface area contributed by atoms with Crippen molar-refractivity contribution in [3.63, 3.8) is 0 Å². The van der Waals surface area contributed by atoms with Crippen LogP contribution in [0, 0.1) is 0 Å². The summed E-state index contributed by atoms with van der Waals surface area (Å²) in [5.74, 6) is 0. The van der Waals surface area contributed by atoms with Crippen molar-refractivity contribution in [2.75, 3.05) is 24.6 Å². The number of rotatable bonds is 3. The molecule has 0 aromatic carbocycles. The van der Waals surface area contributed by atoms with Crippen LogP contribution in [0.1, 0.15) is 6.92 Å². The van der Waals surface area contributed by atoms with Crippen LogP contribution in [0.15, 0.2) is 24.5 Å². The molecule has 1 fully saturated rings. The van der Waals surface area contributed by atoms with Gasteiger partial charge >= 0.3 is 6.03 Å². The van der Waals surface area contributed by atoms with Crippen molar-refractivity contribution in [2.45, 2.75) is 13.0 Å². The van der Waals surface area contributed by atoms with Crippen LogP contribution < -0.4 is 4.90 Å². The van der Waals surface area contributed by atoms with Gasteiger partial charge in [0.2, 0.25) is 0 Å². The molecule has 0 aliphatic carbocycles. The third-order valence-electron chi connectivity index (χ3n) is 2.79. The van der Waals surface area contributed by atoms with Crippen LogP contribution in [0.25, 0.3) is 0 Å². The number of urea groups is 1. The summed E-state index contributed by atoms with van der Waals surface area (Å²) in [5, 5.41) is 9.05. The number of hydrogen-bond acceptors (Lipinski definition) is 3. The molecule has 0 spiro atoms. The van der Waals surface area contributed by atoms with E-state index >= 15 is 0 Å². The van der Waals surface area contributed by atoms with Gasteiger partial charge < -0.3 is 10.0 Å². The van der Waals surface area contributed by atoms with Gasteiger partial charge in [-0.25, -0.2) is 4.79 Å². The first kappa shape index (κ1) is 10.9. The number of aliphatic hydroxyl groups excluding tert-OH is 1. The zero-order chi connectivity index (χ0) is 11.5. The van der Waals surface area contributed by atoms with Gasteiger partial charge in [-0.3, -0.25) is 9.88 Å². The van der Waals surface area contributed by atoms with Gasteiger partial charge in [-0.05, 0) is 19.1 Å². The Morgan fingerprint density at radius 1 is 1.56 bits per heavy atom. The van der Waals surface area contributed by atoms with Crippen molar-refractivity contribution in [3.05, 3.63) is 24.5 Å². The minimum absolute atomic E-state index is 0.00732. The van der Waals surface area contributed by atoms with Crippen LogP contribution in [-0.2, 0) is 0 Å². The Hall–Kier alpha value is -1.62. The Kier molecular flexibility index (Phi) is 3.05. The van der Waals surface area contributed by atoms with Crippen molar-refractivity contribution in [1.29, 1.82) is 0 Å². The minimum atomic E-state index is -0.130. The summed E-state index contributed by atoms with van der Waals surface area (Å²) in [7, 11) is 0. The number of carbonyl (C=O) groups is 1. The number of anilines is 1. The van der Waals surface area contributed by atoms with E-state index in [4.69, 9.17) is 5.11 Å². The highest BCUT2D eigenvalue weighted by atomic mass is 16.3. The zero-order valence-electron chi connectivity index (χ0n) is 9.21. The Labute approximate surface area is 94.3 Å². The molecule has 2 rings (SSSR count). The van der Waals surface area contributed by atoms with Crippen LogP contribution in [0.4, 0.5) is 10.5 Å². The average Bonchev–Trinajstić information content (AvgIpc) is 2.71. The van der Waals surface area contributed by atoms with Crippen LogP contribution >= 0.6 is 0 Å². The lowest BCUT2D eigenvalue weighted by Gasteiger charge is -2.22. The SMILES string of the molecule is CC(CO)N1CCN(c2cccnc2)C1=O. The molecule has 16 heavy (non-hydrogen) atoms. The summed E-state index contributed by atoms with van der Waals surface area (Å²) in [6, 6.07) is 3.47. The number of nitrogens with zero attached hydrogens (tertiary/aromatic N) is 3. The van der Waals surface area contributed by atoms with Crippen molar-refractivity contribution in [2.24, 2.45) is 0 Å². The number of aromatic nitrogens is 1. The quantitative estimate of drug-likeness (QED) is 0.817. The second-order valence-electron chi connectivity index (χ2n) is 3.87. The smallest absolute Gasteiger partial charge is 0.324 e. The molecule has 5 nitrogen and oxygen atoms in total. The van der Waals surface area contributed by atoms with Gasteiger partial charge in [-0.2, -0.15) is 0 Å². The maximum Gasteiger partial charge on any atom is 0.324 e. The zero-order valence-corrected chi connectivity index (χ0v) is 9.21. The Balaban J connectivity index is 2.14. The fraction of sp³-hybridized carbons (Fsp3) is 0.455. The number of hydrogen-bond donors (Lipinski definition) is 1. The molecule has 1 N–H and O–H groups in total. The molecule has 2 heterocycles. The van der Waals surface area contributed by atoms with Crippen molar-refractivity contribution in [1.82, 2.24) is 9.88 Å². The predicted molar refractivity (Wildman–Crippen MR) is 60.2 cm³/mol. The van der Waals surface area contributed by atoms with Gasteiger partial charge in [0.05, 0.1) is 24.5 Å². The number of carbonyl (C=O) groups excluding carboxylic acids is 1. The number of pyridine rings is 1. The van der Waals surface area contributed by atoms with Crippen LogP contribution in [0.3, 0.4) is 0 Å². The van der Waals surface area contributed by atoms with Crippen molar-refractivity contribution >= 4 is 11.7 Å². The first-order valence-electron chi connectivity index (χ1n) is 5.33. The van der Waals surface area contributed by atoms with E-state index in [1.807, 2.05) is 13.0 Å². The standard InChI is InChI=1S/C11H15N3O2/c1-9(8-15)13-5-6-14(11(13)16)10-3-2-4-12-7-10/h2-4,7,9,15H,5-6,8H2,1H3. The first-order valence-corrected chi connectivity index (χ1v) is 5.33. The van der Waals surface area contributed by atoms with E-state index in [-0.39, 0.29) is 18.7 Å². The third kappa shape index (κ3) is 1.86. The van der Waals surface area contributed by atoms with Gasteiger partial charge in [0.25, 0.3) is 0 Å². The topological polar surface area (TPSA) is 56.7 Å². The second kappa shape index (κ2) is 4.49. The van der Waals surface area contributed by atoms with Gasteiger partial charge in [0, 0.05) is 19.3 Å². The summed E-state index contributed by atoms with van der Waals surface area (Å²) >= 11 is 0. The van der Waals surface area contributed by atoms with Crippen LogP contribution in [-0.4, -0.2) is 46.8 Å². The van der Waals surface area contributed by atoms with Gasteiger partial charge in [0.15, 0.2) is 0 Å². The van der Waals surface area contributed by atoms with E-state index in [1.165, 1.54) is 0 Å². The molecule has 1 aliphatic heterocycles. The molecule has 86 valence electrons. The van der Waals surface area contributed by atoms with E-state index in [2.05, 4.69) is 4.98 Å². The van der Waals surface area contributed by atoms with Crippen molar-refractivity contribution in [3.8, 4) is 0 Å². The normalized spacial score (nSPS) is 18.0. The molecule has 1 saturated heterocycles. The molecule has 5 heteroatoms. The molecule has 1 aliphatic rings. The first-order chi connectivity index (χ1) is 7.74. The Morgan fingerprint density at radius 3 is 3.00 bits per heavy atom. The highest BCUT2D eigenvalue weighted by Gasteiger charge is 2.32. The van der Waals surface area contributed by atoms with Gasteiger partial charge in [0.1, 0.15) is 0 Å². The third-order valence-corrected chi connectivity index (χ3v) is 2.79. The lowest BCUT2D eigenvalue weighted by atomic mass is 10.3. The molecule has 1 atom stereocenters. The summed E-state index contributed by atoms with van der Waals surface area (Å²) < 4.78 is 0. The maximum absolute atomic E-state index is 12.0. The molecule has 2 amide bonds. The highest BCUT2D eigenvalue weighted by Crippen LogP contribution is 2.20. The van der Waals surface area contributed by atoms with E-state index in [9.17, 15) is 4.79 Å². The molecule has 1 aromatic rings. The Morgan fingerprint density at radius 2 is 2.38 bits per heavy atom. The predicted octanol–water partition coefficient (Wildman–Crippen LogP) is 0.704.